The van der Waals surface area contributed by atoms with E-state index in [1.54, 1.807) is 12.9 Å². The molecule has 33 valence electrons. The van der Waals surface area contributed by atoms with Gasteiger partial charge in [-0.2, -0.15) is 0 Å². The molecule has 0 saturated heterocycles. The summed E-state index contributed by atoms with van der Waals surface area (Å²) in [6.07, 6.45) is 1.65. The molecule has 0 aliphatic carbocycles. The first-order chi connectivity index (χ1) is 2.89. The molecule has 1 atom stereocenters. The van der Waals surface area contributed by atoms with Crippen molar-refractivity contribution in [2.45, 2.75) is 4.95 Å². The lowest BCUT2D eigenvalue weighted by molar-refractivity contribution is 1.000. The maximum atomic E-state index is 3.76. The summed E-state index contributed by atoms with van der Waals surface area (Å²) in [5.74, 6) is 0. The van der Waals surface area contributed by atoms with E-state index in [1.807, 2.05) is 0 Å². The van der Waals surface area contributed by atoms with E-state index in [0.717, 1.165) is 0 Å². The molecule has 0 aromatic rings. The second-order valence-corrected chi connectivity index (χ2v) is 1.98. The summed E-state index contributed by atoms with van der Waals surface area (Å²) in [5, 5.41) is 2.89. The largest absolute Gasteiger partial charge is 0.362 e. The second-order valence-electron chi connectivity index (χ2n) is 0.996. The fraction of sp³-hybridized carbons (Fsp3) is 0.333. The Morgan fingerprint density at radius 1 is 1.83 bits per heavy atom. The van der Waals surface area contributed by atoms with Crippen LogP contribution in [-0.4, -0.2) is 11.3 Å². The van der Waals surface area contributed by atoms with Crippen LogP contribution in [-0.2, 0) is 0 Å². The minimum absolute atomic E-state index is 0.262. The van der Waals surface area contributed by atoms with Gasteiger partial charge >= 0.3 is 0 Å². The van der Waals surface area contributed by atoms with Gasteiger partial charge in [0.15, 0.2) is 0 Å². The predicted octanol–water partition coefficient (Wildman–Crippen LogP) is 0.501. The zero-order chi connectivity index (χ0) is 4.41. The lowest BCUT2D eigenvalue weighted by atomic mass is 10.7. The Balaban J connectivity index is 2.32. The number of nitrogens with one attached hydrogen (secondary N) is 1. The molecule has 0 fully saturated rings. The van der Waals surface area contributed by atoms with Crippen molar-refractivity contribution in [1.29, 1.82) is 0 Å². The highest BCUT2D eigenvalue weighted by Crippen LogP contribution is 2.02. The van der Waals surface area contributed by atoms with Crippen molar-refractivity contribution in [2.24, 2.45) is 4.99 Å². The van der Waals surface area contributed by atoms with Crippen molar-refractivity contribution in [3.8, 4) is 0 Å². The van der Waals surface area contributed by atoms with Crippen LogP contribution in [0, 0.1) is 6.54 Å². The molecule has 0 saturated carbocycles. The number of aliphatic imine (C=N–C) groups is 1. The summed E-state index contributed by atoms with van der Waals surface area (Å²) >= 11 is 3.25. The Morgan fingerprint density at radius 3 is 2.83 bits per heavy atom. The van der Waals surface area contributed by atoms with Crippen LogP contribution in [0.4, 0.5) is 0 Å². The maximum absolute atomic E-state index is 3.76. The third-order valence-corrected chi connectivity index (χ3v) is 1.03. The van der Waals surface area contributed by atoms with E-state index in [1.165, 1.54) is 0 Å². The molecule has 1 heterocycles. The van der Waals surface area contributed by atoms with E-state index in [4.69, 9.17) is 0 Å². The van der Waals surface area contributed by atoms with Gasteiger partial charge in [-0.25, -0.2) is 0 Å². The van der Waals surface area contributed by atoms with Crippen LogP contribution in [0.1, 0.15) is 0 Å². The van der Waals surface area contributed by atoms with Gasteiger partial charge in [0.1, 0.15) is 11.5 Å². The number of nitrogens with zero attached hydrogens (tertiary/aromatic N) is 1. The Bertz CT molecular complexity index is 63.2. The fourth-order valence-electron chi connectivity index (χ4n) is 0.276. The molecule has 1 aliphatic heterocycles. The van der Waals surface area contributed by atoms with Gasteiger partial charge in [0.05, 0.1) is 6.34 Å². The molecular weight excluding hydrogens is 144 g/mol. The Hall–Kier alpha value is -0.0500. The topological polar surface area (TPSA) is 24.4 Å². The molecule has 0 aromatic carbocycles. The molecule has 1 unspecified atom stereocenters. The summed E-state index contributed by atoms with van der Waals surface area (Å²) < 4.78 is 0. The zero-order valence-corrected chi connectivity index (χ0v) is 4.64. The summed E-state index contributed by atoms with van der Waals surface area (Å²) in [6.45, 7) is 1.78. The average molecular weight is 148 g/mol. The van der Waals surface area contributed by atoms with E-state index >= 15 is 0 Å². The molecule has 1 radical (unpaired) electrons. The van der Waals surface area contributed by atoms with E-state index in [-0.39, 0.29) is 4.95 Å². The van der Waals surface area contributed by atoms with Crippen LogP contribution in [0.3, 0.4) is 0 Å². The number of halogens is 1. The molecule has 0 amide bonds. The zero-order valence-electron chi connectivity index (χ0n) is 3.06. The standard InChI is InChI=1S/C3H4BrN2/c4-3-1-5-2-6-3/h1-3H,(H,5,6). The van der Waals surface area contributed by atoms with Crippen LogP contribution >= 0.6 is 15.9 Å². The normalized spacial score (nSPS) is 30.5. The van der Waals surface area contributed by atoms with E-state index < -0.39 is 0 Å². The molecule has 2 nitrogen and oxygen atoms in total. The molecule has 0 bridgehead atoms. The second kappa shape index (κ2) is 1.60. The average Bonchev–Trinajstić information content (AvgIpc) is 1.86. The predicted molar refractivity (Wildman–Crippen MR) is 28.6 cm³/mol. The van der Waals surface area contributed by atoms with Gasteiger partial charge in [0.25, 0.3) is 0 Å². The number of alkyl halides is 1. The van der Waals surface area contributed by atoms with Crippen molar-refractivity contribution in [2.75, 3.05) is 0 Å². The Labute approximate surface area is 44.8 Å². The summed E-state index contributed by atoms with van der Waals surface area (Å²) in [4.78, 5) is 4.02. The van der Waals surface area contributed by atoms with Gasteiger partial charge in [-0.15, -0.1) is 0 Å². The van der Waals surface area contributed by atoms with Crippen molar-refractivity contribution in [1.82, 2.24) is 5.32 Å². The minimum Gasteiger partial charge on any atom is -0.362 e. The number of rotatable bonds is 0. The fourth-order valence-corrected chi connectivity index (χ4v) is 0.531. The van der Waals surface area contributed by atoms with Crippen LogP contribution in [0.5, 0.6) is 0 Å². The molecule has 6 heavy (non-hydrogen) atoms. The number of hydrogen-bond acceptors (Lipinski definition) is 2. The minimum atomic E-state index is 0.262. The van der Waals surface area contributed by atoms with Gasteiger partial charge < -0.3 is 5.32 Å². The molecule has 1 N–H and O–H groups in total. The maximum Gasteiger partial charge on any atom is 0.107 e. The first kappa shape index (κ1) is 4.12. The van der Waals surface area contributed by atoms with Crippen molar-refractivity contribution in [3.63, 3.8) is 0 Å². The lowest BCUT2D eigenvalue weighted by Crippen LogP contribution is -2.13. The molecule has 3 heteroatoms. The first-order valence-corrected chi connectivity index (χ1v) is 2.56. The molecule has 0 spiro atoms. The summed E-state index contributed by atoms with van der Waals surface area (Å²) in [5.41, 5.74) is 0. The van der Waals surface area contributed by atoms with Crippen molar-refractivity contribution >= 4 is 22.3 Å². The van der Waals surface area contributed by atoms with Crippen LogP contribution in [0.2, 0.25) is 0 Å². The highest BCUT2D eigenvalue weighted by Gasteiger charge is 2.02. The third-order valence-electron chi connectivity index (χ3n) is 0.525. The summed E-state index contributed by atoms with van der Waals surface area (Å²) in [6, 6.07) is 0. The van der Waals surface area contributed by atoms with Gasteiger partial charge in [0.2, 0.25) is 0 Å². The van der Waals surface area contributed by atoms with Crippen LogP contribution in [0.25, 0.3) is 0 Å². The highest BCUT2D eigenvalue weighted by molar-refractivity contribution is 9.09. The summed E-state index contributed by atoms with van der Waals surface area (Å²) in [7, 11) is 0. The van der Waals surface area contributed by atoms with Crippen molar-refractivity contribution in [3.05, 3.63) is 6.54 Å². The molecule has 0 aromatic heterocycles. The highest BCUT2D eigenvalue weighted by atomic mass is 79.9. The van der Waals surface area contributed by atoms with Crippen LogP contribution < -0.4 is 5.32 Å². The van der Waals surface area contributed by atoms with E-state index in [2.05, 4.69) is 26.2 Å². The monoisotopic (exact) mass is 147 g/mol. The van der Waals surface area contributed by atoms with Gasteiger partial charge in [-0.3, -0.25) is 4.99 Å². The molecular formula is C3H4BrN2. The third kappa shape index (κ3) is 0.712. The van der Waals surface area contributed by atoms with E-state index in [0.29, 0.717) is 0 Å². The Kier molecular flexibility index (Phi) is 1.10. The van der Waals surface area contributed by atoms with Gasteiger partial charge in [-0.1, -0.05) is 15.9 Å². The van der Waals surface area contributed by atoms with E-state index in [9.17, 15) is 0 Å². The molecule has 1 rings (SSSR count). The Morgan fingerprint density at radius 2 is 2.67 bits per heavy atom. The van der Waals surface area contributed by atoms with Crippen LogP contribution in [0.15, 0.2) is 4.99 Å². The lowest BCUT2D eigenvalue weighted by Gasteiger charge is -1.91. The molecule has 1 aliphatic rings. The van der Waals surface area contributed by atoms with Crippen molar-refractivity contribution < 1.29 is 0 Å². The quantitative estimate of drug-likeness (QED) is 0.392. The first-order valence-electron chi connectivity index (χ1n) is 1.65. The number of hydrogen-bond donors (Lipinski definition) is 1. The van der Waals surface area contributed by atoms with Gasteiger partial charge in [-0.05, 0) is 0 Å². The van der Waals surface area contributed by atoms with Gasteiger partial charge in [0, 0.05) is 0 Å². The SMILES string of the molecule is BrC1[CH]N=CN1. The smallest absolute Gasteiger partial charge is 0.107 e.